The first-order valence-corrected chi connectivity index (χ1v) is 18.0. The Balaban J connectivity index is 0.000000172. The second-order valence-corrected chi connectivity index (χ2v) is 13.2. The van der Waals surface area contributed by atoms with Crippen LogP contribution >= 0.6 is 0 Å². The fraction of sp³-hybridized carbons (Fsp3) is 0.136. The van der Waals surface area contributed by atoms with Gasteiger partial charge in [-0.1, -0.05) is 60.7 Å². The molecule has 0 atom stereocenters. The maximum atomic E-state index is 11.2. The molecular formula is C44H40N8O4. The van der Waals surface area contributed by atoms with Gasteiger partial charge in [0.15, 0.2) is 0 Å². The van der Waals surface area contributed by atoms with Crippen molar-refractivity contribution in [3.05, 3.63) is 166 Å². The number of nitrogens with zero attached hydrogens (tertiary/aromatic N) is 6. The largest absolute Gasteiger partial charge is 0.487 e. The van der Waals surface area contributed by atoms with E-state index >= 15 is 0 Å². The van der Waals surface area contributed by atoms with Crippen LogP contribution in [0.5, 0.6) is 11.5 Å². The quantitative estimate of drug-likeness (QED) is 0.120. The smallest absolute Gasteiger partial charge is 0.201 e. The first-order valence-electron chi connectivity index (χ1n) is 18.0. The zero-order valence-corrected chi connectivity index (χ0v) is 31.0. The average Bonchev–Trinajstić information content (AvgIpc) is 3.70. The number of anilines is 2. The molecule has 4 N–H and O–H groups in total. The van der Waals surface area contributed by atoms with E-state index in [1.807, 2.05) is 114 Å². The predicted octanol–water partition coefficient (Wildman–Crippen LogP) is 7.52. The highest BCUT2D eigenvalue weighted by Crippen LogP contribution is 2.27. The van der Waals surface area contributed by atoms with E-state index in [4.69, 9.17) is 20.9 Å². The number of rotatable bonds is 12. The van der Waals surface area contributed by atoms with Gasteiger partial charge in [-0.25, -0.2) is 9.97 Å². The number of benzene rings is 4. The topological polar surface area (TPSA) is 166 Å². The fourth-order valence-electron chi connectivity index (χ4n) is 6.26. The number of carbonyl (C=O) groups excluding carboxylic acids is 2. The molecule has 0 radical (unpaired) electrons. The summed E-state index contributed by atoms with van der Waals surface area (Å²) in [7, 11) is 0. The lowest BCUT2D eigenvalue weighted by atomic mass is 10.2. The number of ether oxygens (including phenoxy) is 2. The summed E-state index contributed by atoms with van der Waals surface area (Å²) in [6, 6.07) is 38.3. The van der Waals surface area contributed by atoms with Crippen molar-refractivity contribution < 1.29 is 19.1 Å². The zero-order chi connectivity index (χ0) is 39.0. The van der Waals surface area contributed by atoms with Gasteiger partial charge in [-0.2, -0.15) is 0 Å². The lowest BCUT2D eigenvalue weighted by molar-refractivity contribution is 0.111. The molecule has 4 heterocycles. The number of aryl methyl sites for hydroxylation is 2. The number of hydrogen-bond donors (Lipinski definition) is 2. The first kappa shape index (κ1) is 37.0. The minimum Gasteiger partial charge on any atom is -0.487 e. The average molecular weight is 745 g/mol. The lowest BCUT2D eigenvalue weighted by Gasteiger charge is -2.13. The van der Waals surface area contributed by atoms with Crippen LogP contribution in [0, 0.1) is 13.8 Å². The highest BCUT2D eigenvalue weighted by Gasteiger charge is 2.16. The summed E-state index contributed by atoms with van der Waals surface area (Å²) in [5.41, 5.74) is 22.0. The van der Waals surface area contributed by atoms with E-state index in [9.17, 15) is 9.59 Å². The van der Waals surface area contributed by atoms with Gasteiger partial charge in [0.25, 0.3) is 0 Å². The van der Waals surface area contributed by atoms with Crippen LogP contribution in [0.15, 0.2) is 121 Å². The van der Waals surface area contributed by atoms with E-state index in [-0.39, 0.29) is 0 Å². The molecule has 0 aliphatic rings. The molecule has 280 valence electrons. The van der Waals surface area contributed by atoms with Crippen LogP contribution in [0.1, 0.15) is 54.6 Å². The standard InChI is InChI=1S/2C22H20N4O2/c1-15-7-10-21(28-14-16-5-3-2-4-6-16)19(24-15)12-26-20-9-8-17(13-27)11-18(20)25-22(26)23;1-15-7-10-21(28-14-16-5-3-2-4-6-16)19(24-15)12-26-20-11-17(13-27)8-9-18(20)25-22(26)23/h2*2-11,13H,12,14H2,1H3,(H2,23,25). The molecule has 0 spiro atoms. The SMILES string of the molecule is Cc1ccc(OCc2ccccc2)c(Cn2c(N)nc3cc(C=O)ccc32)n1.Cc1ccc(OCc2ccccc2)c(Cn2c(N)nc3ccc(C=O)cc32)n1. The van der Waals surface area contributed by atoms with Gasteiger partial charge >= 0.3 is 0 Å². The van der Waals surface area contributed by atoms with E-state index in [1.54, 1.807) is 30.3 Å². The number of hydrogen-bond acceptors (Lipinski definition) is 10. The second-order valence-electron chi connectivity index (χ2n) is 13.2. The number of nitrogens with two attached hydrogens (primary N) is 2. The van der Waals surface area contributed by atoms with Crippen LogP contribution in [0.25, 0.3) is 22.1 Å². The van der Waals surface area contributed by atoms with Gasteiger partial charge in [0.1, 0.15) is 48.7 Å². The summed E-state index contributed by atoms with van der Waals surface area (Å²) in [6.45, 7) is 5.61. The van der Waals surface area contributed by atoms with Crippen LogP contribution in [0.4, 0.5) is 11.9 Å². The highest BCUT2D eigenvalue weighted by molar-refractivity contribution is 5.87. The molecule has 0 bridgehead atoms. The predicted molar refractivity (Wildman–Crippen MR) is 217 cm³/mol. The molecule has 8 rings (SSSR count). The van der Waals surface area contributed by atoms with Crippen LogP contribution in [0.3, 0.4) is 0 Å². The maximum absolute atomic E-state index is 11.2. The Bertz CT molecular complexity index is 2640. The highest BCUT2D eigenvalue weighted by atomic mass is 16.5. The normalized spacial score (nSPS) is 10.9. The van der Waals surface area contributed by atoms with Crippen molar-refractivity contribution in [2.45, 2.75) is 40.2 Å². The minimum atomic E-state index is 0.371. The molecule has 4 aromatic carbocycles. The van der Waals surface area contributed by atoms with Gasteiger partial charge in [0.05, 0.1) is 35.2 Å². The summed E-state index contributed by atoms with van der Waals surface area (Å²) in [6.07, 6.45) is 1.61. The third kappa shape index (κ3) is 8.55. The summed E-state index contributed by atoms with van der Waals surface area (Å²) in [4.78, 5) is 40.2. The van der Waals surface area contributed by atoms with E-state index in [0.717, 1.165) is 63.0 Å². The monoisotopic (exact) mass is 744 g/mol. The van der Waals surface area contributed by atoms with Crippen LogP contribution < -0.4 is 20.9 Å². The minimum absolute atomic E-state index is 0.371. The van der Waals surface area contributed by atoms with E-state index in [1.165, 1.54) is 0 Å². The van der Waals surface area contributed by atoms with Gasteiger partial charge in [-0.15, -0.1) is 0 Å². The van der Waals surface area contributed by atoms with Gasteiger partial charge in [0, 0.05) is 22.5 Å². The first-order chi connectivity index (χ1) is 27.3. The second kappa shape index (κ2) is 16.8. The third-order valence-electron chi connectivity index (χ3n) is 9.11. The Kier molecular flexibility index (Phi) is 11.1. The van der Waals surface area contributed by atoms with Gasteiger partial charge in [-0.05, 0) is 85.6 Å². The number of pyridine rings is 2. The molecule has 0 fully saturated rings. The van der Waals surface area contributed by atoms with E-state index in [2.05, 4.69) is 19.9 Å². The molecule has 0 aliphatic heterocycles. The number of imidazole rings is 2. The molecule has 56 heavy (non-hydrogen) atoms. The van der Waals surface area contributed by atoms with Crippen LogP contribution in [0.2, 0.25) is 0 Å². The Morgan fingerprint density at radius 2 is 1.02 bits per heavy atom. The fourth-order valence-corrected chi connectivity index (χ4v) is 6.26. The maximum Gasteiger partial charge on any atom is 0.201 e. The summed E-state index contributed by atoms with van der Waals surface area (Å²) in [5, 5.41) is 0. The van der Waals surface area contributed by atoms with Crippen molar-refractivity contribution in [2.75, 3.05) is 11.5 Å². The van der Waals surface area contributed by atoms with Crippen molar-refractivity contribution in [3.8, 4) is 11.5 Å². The molecule has 12 heteroatoms. The number of aromatic nitrogens is 6. The summed E-state index contributed by atoms with van der Waals surface area (Å²) in [5.74, 6) is 2.15. The van der Waals surface area contributed by atoms with Crippen molar-refractivity contribution in [3.63, 3.8) is 0 Å². The van der Waals surface area contributed by atoms with Crippen LogP contribution in [-0.4, -0.2) is 41.6 Å². The molecule has 4 aromatic heterocycles. The van der Waals surface area contributed by atoms with Crippen molar-refractivity contribution in [2.24, 2.45) is 0 Å². The van der Waals surface area contributed by atoms with Crippen molar-refractivity contribution >= 4 is 46.5 Å². The molecule has 0 saturated carbocycles. The lowest BCUT2D eigenvalue weighted by Crippen LogP contribution is -2.09. The van der Waals surface area contributed by atoms with Gasteiger partial charge in [-0.3, -0.25) is 19.6 Å². The third-order valence-corrected chi connectivity index (χ3v) is 9.11. The number of carbonyl (C=O) groups is 2. The molecule has 0 amide bonds. The van der Waals surface area contributed by atoms with Gasteiger partial charge < -0.3 is 30.1 Å². The summed E-state index contributed by atoms with van der Waals surface area (Å²) < 4.78 is 15.8. The molecule has 12 nitrogen and oxygen atoms in total. The Morgan fingerprint density at radius 1 is 0.536 bits per heavy atom. The molecule has 0 unspecified atom stereocenters. The molecule has 8 aromatic rings. The number of nitrogen functional groups attached to an aromatic ring is 2. The molecule has 0 saturated heterocycles. The van der Waals surface area contributed by atoms with E-state index < -0.39 is 0 Å². The van der Waals surface area contributed by atoms with Crippen molar-refractivity contribution in [1.82, 2.24) is 29.1 Å². The number of aldehydes is 2. The Hall–Kier alpha value is -7.34. The van der Waals surface area contributed by atoms with Crippen molar-refractivity contribution in [1.29, 1.82) is 0 Å². The van der Waals surface area contributed by atoms with Gasteiger partial charge in [0.2, 0.25) is 11.9 Å². The molecule has 0 aliphatic carbocycles. The zero-order valence-electron chi connectivity index (χ0n) is 31.0. The number of fused-ring (bicyclic) bond motifs is 2. The van der Waals surface area contributed by atoms with Crippen LogP contribution in [-0.2, 0) is 26.3 Å². The summed E-state index contributed by atoms with van der Waals surface area (Å²) >= 11 is 0. The Morgan fingerprint density at radius 3 is 1.55 bits per heavy atom. The molecular weight excluding hydrogens is 705 g/mol. The van der Waals surface area contributed by atoms with E-state index in [0.29, 0.717) is 66.3 Å². The Labute approximate surface area is 323 Å².